The Labute approximate surface area is 113 Å². The number of benzene rings is 1. The van der Waals surface area contributed by atoms with Gasteiger partial charge in [-0.3, -0.25) is 4.79 Å². The van der Waals surface area contributed by atoms with Crippen LogP contribution in [0.1, 0.15) is 24.8 Å². The molecule has 1 fully saturated rings. The second-order valence-electron chi connectivity index (χ2n) is 5.31. The van der Waals surface area contributed by atoms with E-state index in [1.54, 1.807) is 0 Å². The van der Waals surface area contributed by atoms with E-state index in [4.69, 9.17) is 4.74 Å². The Hall–Kier alpha value is -1.55. The van der Waals surface area contributed by atoms with Gasteiger partial charge in [0, 0.05) is 31.2 Å². The van der Waals surface area contributed by atoms with Crippen molar-refractivity contribution in [3.05, 3.63) is 29.8 Å². The van der Waals surface area contributed by atoms with E-state index >= 15 is 0 Å². The van der Waals surface area contributed by atoms with Crippen molar-refractivity contribution in [2.45, 2.75) is 25.3 Å². The number of piperazine rings is 1. The lowest BCUT2D eigenvalue weighted by atomic mass is 9.91. The van der Waals surface area contributed by atoms with E-state index in [-0.39, 0.29) is 17.9 Å². The molecule has 102 valence electrons. The number of nitrogens with zero attached hydrogens (tertiary/aromatic N) is 1. The van der Waals surface area contributed by atoms with Gasteiger partial charge in [0.2, 0.25) is 5.91 Å². The monoisotopic (exact) mass is 260 g/mol. The van der Waals surface area contributed by atoms with Crippen LogP contribution in [0.5, 0.6) is 5.75 Å². The molecular weight excluding hydrogens is 240 g/mol. The Bertz CT molecular complexity index is 475. The number of rotatable bonds is 1. The summed E-state index contributed by atoms with van der Waals surface area (Å²) in [5.74, 6) is 1.09. The summed E-state index contributed by atoms with van der Waals surface area (Å²) in [6.45, 7) is 5.32. The van der Waals surface area contributed by atoms with Crippen molar-refractivity contribution in [1.29, 1.82) is 0 Å². The minimum absolute atomic E-state index is 0.0366. The van der Waals surface area contributed by atoms with Crippen LogP contribution < -0.4 is 10.1 Å². The Morgan fingerprint density at radius 3 is 3.11 bits per heavy atom. The number of hydrogen-bond acceptors (Lipinski definition) is 3. The van der Waals surface area contributed by atoms with Crippen LogP contribution in [-0.4, -0.2) is 43.1 Å². The molecule has 0 bridgehead atoms. The maximum absolute atomic E-state index is 12.8. The highest BCUT2D eigenvalue weighted by Crippen LogP contribution is 2.34. The van der Waals surface area contributed by atoms with Crippen molar-refractivity contribution in [3.63, 3.8) is 0 Å². The molecule has 2 aliphatic rings. The summed E-state index contributed by atoms with van der Waals surface area (Å²) in [6.07, 6.45) is 0.784. The van der Waals surface area contributed by atoms with Crippen molar-refractivity contribution in [1.82, 2.24) is 10.2 Å². The number of nitrogens with one attached hydrogen (secondary N) is 1. The molecule has 1 aromatic rings. The summed E-state index contributed by atoms with van der Waals surface area (Å²) in [4.78, 5) is 14.8. The summed E-state index contributed by atoms with van der Waals surface area (Å²) in [6, 6.07) is 8.19. The van der Waals surface area contributed by atoms with E-state index in [9.17, 15) is 4.79 Å². The van der Waals surface area contributed by atoms with Gasteiger partial charge >= 0.3 is 0 Å². The van der Waals surface area contributed by atoms with Crippen molar-refractivity contribution in [3.8, 4) is 5.75 Å². The zero-order valence-corrected chi connectivity index (χ0v) is 11.3. The quantitative estimate of drug-likeness (QED) is 0.829. The molecular formula is C15H20N2O2. The predicted octanol–water partition coefficient (Wildman–Crippen LogP) is 1.37. The lowest BCUT2D eigenvalue weighted by Gasteiger charge is -2.37. The summed E-state index contributed by atoms with van der Waals surface area (Å²) in [7, 11) is 0. The Balaban J connectivity index is 1.84. The van der Waals surface area contributed by atoms with E-state index in [1.807, 2.05) is 29.2 Å². The van der Waals surface area contributed by atoms with Crippen molar-refractivity contribution >= 4 is 5.91 Å². The predicted molar refractivity (Wildman–Crippen MR) is 73.3 cm³/mol. The zero-order valence-electron chi connectivity index (χ0n) is 11.3. The van der Waals surface area contributed by atoms with E-state index in [0.29, 0.717) is 6.61 Å². The molecule has 0 radical (unpaired) electrons. The molecule has 19 heavy (non-hydrogen) atoms. The molecule has 1 saturated heterocycles. The van der Waals surface area contributed by atoms with Crippen LogP contribution in [-0.2, 0) is 4.79 Å². The fourth-order valence-corrected chi connectivity index (χ4v) is 2.97. The second-order valence-corrected chi connectivity index (χ2v) is 5.31. The second kappa shape index (κ2) is 5.21. The van der Waals surface area contributed by atoms with E-state index in [1.165, 1.54) is 0 Å². The van der Waals surface area contributed by atoms with Crippen molar-refractivity contribution < 1.29 is 9.53 Å². The molecule has 2 aliphatic heterocycles. The van der Waals surface area contributed by atoms with Gasteiger partial charge in [-0.05, 0) is 19.4 Å². The molecule has 0 saturated carbocycles. The fraction of sp³-hybridized carbons (Fsp3) is 0.533. The largest absolute Gasteiger partial charge is 0.493 e. The van der Waals surface area contributed by atoms with Gasteiger partial charge < -0.3 is 15.0 Å². The molecule has 4 nitrogen and oxygen atoms in total. The Morgan fingerprint density at radius 1 is 1.42 bits per heavy atom. The molecule has 0 spiro atoms. The number of amides is 1. The smallest absolute Gasteiger partial charge is 0.230 e. The highest BCUT2D eigenvalue weighted by atomic mass is 16.5. The van der Waals surface area contributed by atoms with Crippen LogP contribution in [0.15, 0.2) is 24.3 Å². The lowest BCUT2D eigenvalue weighted by Crippen LogP contribution is -2.53. The number of ether oxygens (including phenoxy) is 1. The average Bonchev–Trinajstić information content (AvgIpc) is 2.46. The first kappa shape index (κ1) is 12.5. The van der Waals surface area contributed by atoms with Crippen LogP contribution in [0.25, 0.3) is 0 Å². The van der Waals surface area contributed by atoms with Gasteiger partial charge in [-0.2, -0.15) is 0 Å². The first-order valence-electron chi connectivity index (χ1n) is 7.00. The van der Waals surface area contributed by atoms with Crippen molar-refractivity contribution in [2.75, 3.05) is 26.2 Å². The third-order valence-electron chi connectivity index (χ3n) is 4.04. The molecule has 0 aliphatic carbocycles. The first-order chi connectivity index (χ1) is 9.27. The van der Waals surface area contributed by atoms with Gasteiger partial charge in [0.1, 0.15) is 5.75 Å². The minimum Gasteiger partial charge on any atom is -0.493 e. The SMILES string of the molecule is C[C@@H]1CNCCN1C(=O)C1CCOc2ccccc21. The van der Waals surface area contributed by atoms with Gasteiger partial charge in [0.05, 0.1) is 12.5 Å². The van der Waals surface area contributed by atoms with E-state index in [0.717, 1.165) is 37.4 Å². The summed E-state index contributed by atoms with van der Waals surface area (Å²) >= 11 is 0. The van der Waals surface area contributed by atoms with Gasteiger partial charge in [0.15, 0.2) is 0 Å². The fourth-order valence-electron chi connectivity index (χ4n) is 2.97. The van der Waals surface area contributed by atoms with Gasteiger partial charge in [0.25, 0.3) is 0 Å². The topological polar surface area (TPSA) is 41.6 Å². The number of carbonyl (C=O) groups excluding carboxylic acids is 1. The standard InChI is InChI=1S/C15H20N2O2/c1-11-10-16-7-8-17(11)15(18)13-6-9-19-14-5-3-2-4-12(13)14/h2-5,11,13,16H,6-10H2,1H3/t11-,13?/m1/s1. The molecule has 1 amide bonds. The number of para-hydroxylation sites is 1. The minimum atomic E-state index is -0.0366. The molecule has 1 N–H and O–H groups in total. The van der Waals surface area contributed by atoms with E-state index in [2.05, 4.69) is 12.2 Å². The van der Waals surface area contributed by atoms with Gasteiger partial charge in [-0.1, -0.05) is 18.2 Å². The maximum atomic E-state index is 12.8. The summed E-state index contributed by atoms with van der Waals surface area (Å²) in [5, 5.41) is 3.32. The number of fused-ring (bicyclic) bond motifs is 1. The molecule has 1 aromatic carbocycles. The summed E-state index contributed by atoms with van der Waals surface area (Å²) in [5.41, 5.74) is 1.05. The third-order valence-corrected chi connectivity index (χ3v) is 4.04. The zero-order chi connectivity index (χ0) is 13.2. The normalized spacial score (nSPS) is 26.5. The Kier molecular flexibility index (Phi) is 3.42. The van der Waals surface area contributed by atoms with Crippen LogP contribution in [0.4, 0.5) is 0 Å². The molecule has 4 heteroatoms. The molecule has 2 atom stereocenters. The third kappa shape index (κ3) is 2.32. The maximum Gasteiger partial charge on any atom is 0.230 e. The van der Waals surface area contributed by atoms with Crippen LogP contribution in [0, 0.1) is 0 Å². The summed E-state index contributed by atoms with van der Waals surface area (Å²) < 4.78 is 5.63. The van der Waals surface area contributed by atoms with Gasteiger partial charge in [-0.25, -0.2) is 0 Å². The highest BCUT2D eigenvalue weighted by molar-refractivity contribution is 5.85. The average molecular weight is 260 g/mol. The first-order valence-corrected chi connectivity index (χ1v) is 7.00. The number of hydrogen-bond donors (Lipinski definition) is 1. The van der Waals surface area contributed by atoms with Crippen LogP contribution in [0.2, 0.25) is 0 Å². The van der Waals surface area contributed by atoms with Crippen molar-refractivity contribution in [2.24, 2.45) is 0 Å². The molecule has 1 unspecified atom stereocenters. The highest BCUT2D eigenvalue weighted by Gasteiger charge is 2.33. The number of carbonyl (C=O) groups is 1. The molecule has 0 aromatic heterocycles. The van der Waals surface area contributed by atoms with Gasteiger partial charge in [-0.15, -0.1) is 0 Å². The molecule has 2 heterocycles. The van der Waals surface area contributed by atoms with E-state index < -0.39 is 0 Å². The van der Waals surface area contributed by atoms with Crippen LogP contribution >= 0.6 is 0 Å². The Morgan fingerprint density at radius 2 is 2.26 bits per heavy atom. The molecule has 3 rings (SSSR count). The lowest BCUT2D eigenvalue weighted by molar-refractivity contribution is -0.136. The van der Waals surface area contributed by atoms with Crippen LogP contribution in [0.3, 0.4) is 0 Å².